The first-order valence-electron chi connectivity index (χ1n) is 3.36. The van der Waals surface area contributed by atoms with Crippen LogP contribution < -0.4 is 5.73 Å². The molecule has 0 aromatic heterocycles. The number of aliphatic imine (C=N–C) groups is 1. The summed E-state index contributed by atoms with van der Waals surface area (Å²) in [6.07, 6.45) is 1.10. The van der Waals surface area contributed by atoms with Gasteiger partial charge in [0.25, 0.3) is 0 Å². The Morgan fingerprint density at radius 1 is 1.67 bits per heavy atom. The minimum absolute atomic E-state index is 0.152. The lowest BCUT2D eigenvalue weighted by molar-refractivity contribution is 0.474. The van der Waals surface area contributed by atoms with Crippen molar-refractivity contribution in [2.75, 3.05) is 0 Å². The largest absolute Gasteiger partial charge is 0.387 e. The van der Waals surface area contributed by atoms with Gasteiger partial charge in [0.1, 0.15) is 0 Å². The highest BCUT2D eigenvalue weighted by Gasteiger charge is 2.30. The molecular weight excluding hydrogens is 112 g/mol. The van der Waals surface area contributed by atoms with Crippen LogP contribution in [0.5, 0.6) is 0 Å². The van der Waals surface area contributed by atoms with Gasteiger partial charge >= 0.3 is 0 Å². The van der Waals surface area contributed by atoms with Crippen LogP contribution >= 0.6 is 0 Å². The topological polar surface area (TPSA) is 38.4 Å². The van der Waals surface area contributed by atoms with Crippen molar-refractivity contribution in [1.82, 2.24) is 0 Å². The lowest BCUT2D eigenvalue weighted by Crippen LogP contribution is -2.27. The van der Waals surface area contributed by atoms with E-state index < -0.39 is 0 Å². The van der Waals surface area contributed by atoms with Crippen LogP contribution in [0.2, 0.25) is 0 Å². The summed E-state index contributed by atoms with van der Waals surface area (Å²) in [7, 11) is 0. The van der Waals surface area contributed by atoms with E-state index in [9.17, 15) is 0 Å². The van der Waals surface area contributed by atoms with E-state index in [0.717, 1.165) is 12.3 Å². The molecule has 2 nitrogen and oxygen atoms in total. The van der Waals surface area contributed by atoms with Gasteiger partial charge < -0.3 is 5.73 Å². The quantitative estimate of drug-likeness (QED) is 0.519. The summed E-state index contributed by atoms with van der Waals surface area (Å²) in [5.74, 6) is 0.815. The highest BCUT2D eigenvalue weighted by molar-refractivity contribution is 5.87. The van der Waals surface area contributed by atoms with Gasteiger partial charge in [-0.3, -0.25) is 4.99 Å². The third-order valence-corrected chi connectivity index (χ3v) is 1.86. The SMILES string of the molecule is CC1CC(C)(C)C(N)=N1. The molecule has 1 unspecified atom stereocenters. The zero-order chi connectivity index (χ0) is 7.07. The van der Waals surface area contributed by atoms with Crippen molar-refractivity contribution in [2.24, 2.45) is 16.1 Å². The molecule has 0 radical (unpaired) electrons. The summed E-state index contributed by atoms with van der Waals surface area (Å²) in [6, 6.07) is 0.431. The molecule has 0 aliphatic carbocycles. The Labute approximate surface area is 56.2 Å². The number of amidine groups is 1. The van der Waals surface area contributed by atoms with Crippen LogP contribution in [0.1, 0.15) is 27.2 Å². The molecule has 0 amide bonds. The van der Waals surface area contributed by atoms with Crippen LogP contribution in [-0.4, -0.2) is 11.9 Å². The van der Waals surface area contributed by atoms with Gasteiger partial charge in [-0.2, -0.15) is 0 Å². The van der Waals surface area contributed by atoms with E-state index in [1.807, 2.05) is 0 Å². The highest BCUT2D eigenvalue weighted by atomic mass is 14.9. The predicted octanol–water partition coefficient (Wildman–Crippen LogP) is 1.16. The number of nitrogens with zero attached hydrogens (tertiary/aromatic N) is 1. The molecule has 0 fully saturated rings. The molecular formula is C7H14N2. The van der Waals surface area contributed by atoms with E-state index in [0.29, 0.717) is 6.04 Å². The molecule has 1 aliphatic heterocycles. The van der Waals surface area contributed by atoms with Gasteiger partial charge in [0.15, 0.2) is 0 Å². The number of hydrogen-bond donors (Lipinski definition) is 1. The smallest absolute Gasteiger partial charge is 0.0998 e. The van der Waals surface area contributed by atoms with Crippen molar-refractivity contribution >= 4 is 5.84 Å². The Morgan fingerprint density at radius 2 is 2.22 bits per heavy atom. The molecule has 0 bridgehead atoms. The van der Waals surface area contributed by atoms with Crippen LogP contribution in [-0.2, 0) is 0 Å². The van der Waals surface area contributed by atoms with Gasteiger partial charge in [0, 0.05) is 5.41 Å². The molecule has 0 spiro atoms. The van der Waals surface area contributed by atoms with Crippen molar-refractivity contribution in [2.45, 2.75) is 33.2 Å². The van der Waals surface area contributed by atoms with Gasteiger partial charge in [0.05, 0.1) is 11.9 Å². The Hall–Kier alpha value is -0.530. The molecule has 0 aromatic rings. The van der Waals surface area contributed by atoms with Gasteiger partial charge in [-0.25, -0.2) is 0 Å². The van der Waals surface area contributed by atoms with Crippen LogP contribution in [0.3, 0.4) is 0 Å². The first-order chi connectivity index (χ1) is 4.02. The molecule has 1 aliphatic rings. The summed E-state index contributed by atoms with van der Waals surface area (Å²) in [6.45, 7) is 6.37. The third-order valence-electron chi connectivity index (χ3n) is 1.86. The second kappa shape index (κ2) is 1.72. The van der Waals surface area contributed by atoms with Crippen molar-refractivity contribution in [3.63, 3.8) is 0 Å². The second-order valence-electron chi connectivity index (χ2n) is 3.45. The van der Waals surface area contributed by atoms with Crippen molar-refractivity contribution < 1.29 is 0 Å². The summed E-state index contributed by atoms with van der Waals surface area (Å²) >= 11 is 0. The molecule has 2 heteroatoms. The molecule has 52 valence electrons. The van der Waals surface area contributed by atoms with Gasteiger partial charge in [-0.1, -0.05) is 13.8 Å². The Morgan fingerprint density at radius 3 is 2.33 bits per heavy atom. The van der Waals surface area contributed by atoms with Gasteiger partial charge in [-0.15, -0.1) is 0 Å². The van der Waals surface area contributed by atoms with E-state index in [-0.39, 0.29) is 5.41 Å². The average Bonchev–Trinajstić information content (AvgIpc) is 1.79. The number of nitrogens with two attached hydrogens (primary N) is 1. The summed E-state index contributed by atoms with van der Waals surface area (Å²) in [5.41, 5.74) is 5.81. The normalized spacial score (nSPS) is 32.3. The van der Waals surface area contributed by atoms with E-state index in [4.69, 9.17) is 5.73 Å². The third kappa shape index (κ3) is 1.07. The number of rotatable bonds is 0. The van der Waals surface area contributed by atoms with Crippen molar-refractivity contribution in [3.05, 3.63) is 0 Å². The highest BCUT2D eigenvalue weighted by Crippen LogP contribution is 2.29. The fourth-order valence-corrected chi connectivity index (χ4v) is 1.30. The molecule has 9 heavy (non-hydrogen) atoms. The summed E-state index contributed by atoms with van der Waals surface area (Å²) < 4.78 is 0. The maximum absolute atomic E-state index is 5.65. The van der Waals surface area contributed by atoms with E-state index in [1.165, 1.54) is 0 Å². The number of hydrogen-bond acceptors (Lipinski definition) is 2. The lowest BCUT2D eigenvalue weighted by Gasteiger charge is -2.16. The average molecular weight is 126 g/mol. The van der Waals surface area contributed by atoms with Crippen molar-refractivity contribution in [1.29, 1.82) is 0 Å². The monoisotopic (exact) mass is 126 g/mol. The Kier molecular flexibility index (Phi) is 1.26. The molecule has 1 heterocycles. The Bertz CT molecular complexity index is 147. The first-order valence-corrected chi connectivity index (χ1v) is 3.36. The molecule has 2 N–H and O–H groups in total. The van der Waals surface area contributed by atoms with Gasteiger partial charge in [-0.05, 0) is 13.3 Å². The second-order valence-corrected chi connectivity index (χ2v) is 3.45. The van der Waals surface area contributed by atoms with Crippen LogP contribution in [0.4, 0.5) is 0 Å². The maximum Gasteiger partial charge on any atom is 0.0998 e. The fourth-order valence-electron chi connectivity index (χ4n) is 1.30. The Balaban J connectivity index is 2.76. The molecule has 1 rings (SSSR count). The minimum Gasteiger partial charge on any atom is -0.387 e. The molecule has 0 aromatic carbocycles. The lowest BCUT2D eigenvalue weighted by atomic mass is 9.89. The minimum atomic E-state index is 0.152. The fraction of sp³-hybridized carbons (Fsp3) is 0.857. The van der Waals surface area contributed by atoms with Crippen LogP contribution in [0.25, 0.3) is 0 Å². The maximum atomic E-state index is 5.65. The van der Waals surface area contributed by atoms with E-state index in [1.54, 1.807) is 0 Å². The molecule has 0 saturated heterocycles. The molecule has 1 atom stereocenters. The molecule has 0 saturated carbocycles. The zero-order valence-corrected chi connectivity index (χ0v) is 6.31. The first kappa shape index (κ1) is 6.59. The van der Waals surface area contributed by atoms with Gasteiger partial charge in [0.2, 0.25) is 0 Å². The summed E-state index contributed by atoms with van der Waals surface area (Å²) in [4.78, 5) is 4.24. The predicted molar refractivity (Wildman–Crippen MR) is 39.5 cm³/mol. The zero-order valence-electron chi connectivity index (χ0n) is 6.31. The van der Waals surface area contributed by atoms with Crippen LogP contribution in [0, 0.1) is 5.41 Å². The summed E-state index contributed by atoms with van der Waals surface area (Å²) in [5, 5.41) is 0. The van der Waals surface area contributed by atoms with E-state index >= 15 is 0 Å². The van der Waals surface area contributed by atoms with E-state index in [2.05, 4.69) is 25.8 Å². The van der Waals surface area contributed by atoms with Crippen LogP contribution in [0.15, 0.2) is 4.99 Å². The standard InChI is InChI=1S/C7H14N2/c1-5-4-7(2,3)6(8)9-5/h5H,4H2,1-3H3,(H2,8,9). The van der Waals surface area contributed by atoms with Crippen molar-refractivity contribution in [3.8, 4) is 0 Å².